The molecule has 1 saturated heterocycles. The summed E-state index contributed by atoms with van der Waals surface area (Å²) < 4.78 is 0. The topological polar surface area (TPSA) is 86.7 Å². The van der Waals surface area contributed by atoms with E-state index in [4.69, 9.17) is 5.11 Å². The molecule has 0 aromatic heterocycles. The number of amides is 2. The summed E-state index contributed by atoms with van der Waals surface area (Å²) >= 11 is 0. The monoisotopic (exact) mass is 290 g/mol. The van der Waals surface area contributed by atoms with Crippen molar-refractivity contribution in [1.82, 2.24) is 5.32 Å². The average molecular weight is 290 g/mol. The number of hydrogen-bond donors (Lipinski definition) is 2. The predicted octanol–water partition coefficient (Wildman–Crippen LogP) is 1.02. The number of aliphatic carboxylic acids is 1. The van der Waals surface area contributed by atoms with Gasteiger partial charge >= 0.3 is 5.97 Å². The average Bonchev–Trinajstić information content (AvgIpc) is 2.49. The summed E-state index contributed by atoms with van der Waals surface area (Å²) in [6.07, 6.45) is 0.721. The number of carboxylic acids is 1. The minimum absolute atomic E-state index is 0.0455. The third kappa shape index (κ3) is 4.05. The fourth-order valence-corrected chi connectivity index (χ4v) is 2.35. The number of anilines is 1. The molecule has 0 spiro atoms. The molecule has 1 aliphatic heterocycles. The van der Waals surface area contributed by atoms with Crippen molar-refractivity contribution in [3.63, 3.8) is 0 Å². The first-order chi connectivity index (χ1) is 10.1. The van der Waals surface area contributed by atoms with Crippen molar-refractivity contribution in [2.24, 2.45) is 5.92 Å². The van der Waals surface area contributed by atoms with Crippen LogP contribution in [-0.4, -0.2) is 36.0 Å². The Morgan fingerprint density at radius 1 is 1.29 bits per heavy atom. The molecular formula is C15H18N2O4. The van der Waals surface area contributed by atoms with Crippen molar-refractivity contribution in [3.8, 4) is 0 Å². The van der Waals surface area contributed by atoms with Gasteiger partial charge in [-0.3, -0.25) is 14.4 Å². The van der Waals surface area contributed by atoms with Crippen molar-refractivity contribution in [3.05, 3.63) is 30.3 Å². The van der Waals surface area contributed by atoms with Crippen LogP contribution in [0.4, 0.5) is 5.69 Å². The second-order valence-electron chi connectivity index (χ2n) is 5.01. The van der Waals surface area contributed by atoms with Crippen LogP contribution in [0.1, 0.15) is 19.3 Å². The van der Waals surface area contributed by atoms with E-state index in [-0.39, 0.29) is 30.7 Å². The number of nitrogens with one attached hydrogen (secondary N) is 1. The van der Waals surface area contributed by atoms with Crippen LogP contribution in [-0.2, 0) is 14.4 Å². The molecule has 2 rings (SSSR count). The number of nitrogens with zero attached hydrogens (tertiary/aromatic N) is 1. The Morgan fingerprint density at radius 3 is 2.57 bits per heavy atom. The normalized spacial score (nSPS) is 17.9. The summed E-state index contributed by atoms with van der Waals surface area (Å²) in [7, 11) is 0. The number of piperidine rings is 1. The first-order valence-electron chi connectivity index (χ1n) is 6.93. The van der Waals surface area contributed by atoms with Gasteiger partial charge in [-0.05, 0) is 18.6 Å². The maximum absolute atomic E-state index is 12.6. The highest BCUT2D eigenvalue weighted by Crippen LogP contribution is 2.20. The van der Waals surface area contributed by atoms with Crippen LogP contribution >= 0.6 is 0 Å². The fourth-order valence-electron chi connectivity index (χ4n) is 2.35. The smallest absolute Gasteiger partial charge is 0.305 e. The summed E-state index contributed by atoms with van der Waals surface area (Å²) in [6, 6.07) is 9.00. The lowest BCUT2D eigenvalue weighted by molar-refractivity contribution is -0.136. The quantitative estimate of drug-likeness (QED) is 0.847. The van der Waals surface area contributed by atoms with Gasteiger partial charge in [0.1, 0.15) is 0 Å². The number of rotatable bonds is 5. The van der Waals surface area contributed by atoms with Crippen molar-refractivity contribution in [1.29, 1.82) is 0 Å². The van der Waals surface area contributed by atoms with E-state index in [9.17, 15) is 14.4 Å². The molecule has 1 aromatic rings. The van der Waals surface area contributed by atoms with E-state index < -0.39 is 5.97 Å². The molecule has 1 heterocycles. The molecule has 21 heavy (non-hydrogen) atoms. The third-order valence-electron chi connectivity index (χ3n) is 3.50. The van der Waals surface area contributed by atoms with Gasteiger partial charge in [0.2, 0.25) is 11.8 Å². The molecule has 1 fully saturated rings. The maximum Gasteiger partial charge on any atom is 0.305 e. The first kappa shape index (κ1) is 15.0. The zero-order valence-electron chi connectivity index (χ0n) is 11.6. The van der Waals surface area contributed by atoms with E-state index in [1.807, 2.05) is 6.07 Å². The second-order valence-corrected chi connectivity index (χ2v) is 5.01. The molecule has 1 aliphatic rings. The van der Waals surface area contributed by atoms with Gasteiger partial charge in [0.05, 0.1) is 12.3 Å². The molecule has 112 valence electrons. The minimum Gasteiger partial charge on any atom is -0.481 e. The molecule has 2 amide bonds. The predicted molar refractivity (Wildman–Crippen MR) is 76.8 cm³/mol. The molecule has 0 saturated carbocycles. The Kier molecular flexibility index (Phi) is 4.92. The Morgan fingerprint density at radius 2 is 2.00 bits per heavy atom. The molecule has 1 aromatic carbocycles. The standard InChI is InChI=1S/C15H18N2O4/c18-13-7-6-11(10-16-13)15(21)17(9-8-14(19)20)12-4-2-1-3-5-12/h1-5,11H,6-10H2,(H,16,18)(H,19,20). The number of carbonyl (C=O) groups excluding carboxylic acids is 2. The van der Waals surface area contributed by atoms with Crippen LogP contribution in [0.5, 0.6) is 0 Å². The second kappa shape index (κ2) is 6.88. The van der Waals surface area contributed by atoms with E-state index in [1.54, 1.807) is 24.3 Å². The lowest BCUT2D eigenvalue weighted by Crippen LogP contribution is -2.45. The molecule has 1 atom stereocenters. The van der Waals surface area contributed by atoms with Gasteiger partial charge in [0, 0.05) is 25.2 Å². The SMILES string of the molecule is O=C(O)CCN(C(=O)C1CCC(=O)NC1)c1ccccc1. The number of hydrogen-bond acceptors (Lipinski definition) is 3. The van der Waals surface area contributed by atoms with Gasteiger partial charge in [0.15, 0.2) is 0 Å². The number of para-hydroxylation sites is 1. The minimum atomic E-state index is -0.944. The van der Waals surface area contributed by atoms with Crippen molar-refractivity contribution < 1.29 is 19.5 Å². The van der Waals surface area contributed by atoms with Crippen LogP contribution in [0.15, 0.2) is 30.3 Å². The zero-order valence-corrected chi connectivity index (χ0v) is 11.6. The zero-order chi connectivity index (χ0) is 15.2. The van der Waals surface area contributed by atoms with E-state index in [2.05, 4.69) is 5.32 Å². The Labute approximate surface area is 122 Å². The van der Waals surface area contributed by atoms with Crippen LogP contribution in [0, 0.1) is 5.92 Å². The lowest BCUT2D eigenvalue weighted by Gasteiger charge is -2.29. The van der Waals surface area contributed by atoms with Gasteiger partial charge in [0.25, 0.3) is 0 Å². The highest BCUT2D eigenvalue weighted by molar-refractivity contribution is 5.96. The van der Waals surface area contributed by atoms with Gasteiger partial charge in [-0.2, -0.15) is 0 Å². The Hall–Kier alpha value is -2.37. The molecule has 0 aliphatic carbocycles. The Balaban J connectivity index is 2.12. The van der Waals surface area contributed by atoms with E-state index in [1.165, 1.54) is 4.90 Å². The highest BCUT2D eigenvalue weighted by Gasteiger charge is 2.29. The van der Waals surface area contributed by atoms with Gasteiger partial charge in [-0.1, -0.05) is 18.2 Å². The largest absolute Gasteiger partial charge is 0.481 e. The molecule has 0 bridgehead atoms. The summed E-state index contributed by atoms with van der Waals surface area (Å²) in [4.78, 5) is 36.1. The van der Waals surface area contributed by atoms with E-state index in [0.29, 0.717) is 25.1 Å². The molecule has 6 heteroatoms. The third-order valence-corrected chi connectivity index (χ3v) is 3.50. The van der Waals surface area contributed by atoms with Gasteiger partial charge in [-0.25, -0.2) is 0 Å². The van der Waals surface area contributed by atoms with E-state index in [0.717, 1.165) is 0 Å². The van der Waals surface area contributed by atoms with Crippen LogP contribution in [0.25, 0.3) is 0 Å². The van der Waals surface area contributed by atoms with Crippen LogP contribution < -0.4 is 10.2 Å². The van der Waals surface area contributed by atoms with Crippen molar-refractivity contribution >= 4 is 23.5 Å². The fraction of sp³-hybridized carbons (Fsp3) is 0.400. The lowest BCUT2D eigenvalue weighted by atomic mass is 9.97. The number of carbonyl (C=O) groups is 3. The highest BCUT2D eigenvalue weighted by atomic mass is 16.4. The molecule has 1 unspecified atom stereocenters. The molecule has 2 N–H and O–H groups in total. The van der Waals surface area contributed by atoms with Gasteiger partial charge < -0.3 is 15.3 Å². The molecule has 0 radical (unpaired) electrons. The van der Waals surface area contributed by atoms with Crippen LogP contribution in [0.3, 0.4) is 0 Å². The van der Waals surface area contributed by atoms with Gasteiger partial charge in [-0.15, -0.1) is 0 Å². The summed E-state index contributed by atoms with van der Waals surface area (Å²) in [5.74, 6) is -1.42. The van der Waals surface area contributed by atoms with E-state index >= 15 is 0 Å². The number of benzene rings is 1. The Bertz CT molecular complexity index is 520. The van der Waals surface area contributed by atoms with Crippen molar-refractivity contribution in [2.45, 2.75) is 19.3 Å². The molecular weight excluding hydrogens is 272 g/mol. The first-order valence-corrected chi connectivity index (χ1v) is 6.93. The summed E-state index contributed by atoms with van der Waals surface area (Å²) in [5.41, 5.74) is 0.681. The van der Waals surface area contributed by atoms with Crippen LogP contribution in [0.2, 0.25) is 0 Å². The number of carboxylic acid groups (broad SMARTS) is 1. The summed E-state index contributed by atoms with van der Waals surface area (Å²) in [5, 5.41) is 11.5. The molecule has 6 nitrogen and oxygen atoms in total. The summed E-state index contributed by atoms with van der Waals surface area (Å²) in [6.45, 7) is 0.441. The maximum atomic E-state index is 12.6. The van der Waals surface area contributed by atoms with Crippen molar-refractivity contribution in [2.75, 3.05) is 18.0 Å².